The number of hydrogen-bond acceptors (Lipinski definition) is 5. The molecule has 2 N–H and O–H groups in total. The highest BCUT2D eigenvalue weighted by Crippen LogP contribution is 2.27. The first-order valence-electron chi connectivity index (χ1n) is 7.67. The summed E-state index contributed by atoms with van der Waals surface area (Å²) in [4.78, 5) is 13.7. The van der Waals surface area contributed by atoms with E-state index in [1.807, 2.05) is 6.07 Å². The molecule has 0 aliphatic rings. The van der Waals surface area contributed by atoms with Crippen LogP contribution in [-0.2, 0) is 20.4 Å². The molecule has 0 aliphatic heterocycles. The SMILES string of the molecule is COC(C)(CNS(=O)(=O)c1ccc2oc(=O)[nH]c2c1)c1cccc(Cl)c1. The summed E-state index contributed by atoms with van der Waals surface area (Å²) in [5.41, 5.74) is 0.424. The molecule has 138 valence electrons. The van der Waals surface area contributed by atoms with Gasteiger partial charge in [0, 0.05) is 18.7 Å². The summed E-state index contributed by atoms with van der Waals surface area (Å²) in [5.74, 6) is -0.643. The van der Waals surface area contributed by atoms with E-state index in [1.54, 1.807) is 25.1 Å². The first kappa shape index (κ1) is 18.7. The number of methoxy groups -OCH3 is 1. The molecule has 0 bridgehead atoms. The maximum absolute atomic E-state index is 12.6. The van der Waals surface area contributed by atoms with Gasteiger partial charge in [0.1, 0.15) is 5.60 Å². The van der Waals surface area contributed by atoms with Crippen molar-refractivity contribution in [3.05, 3.63) is 63.6 Å². The highest BCUT2D eigenvalue weighted by Gasteiger charge is 2.29. The quantitative estimate of drug-likeness (QED) is 0.666. The van der Waals surface area contributed by atoms with Crippen LogP contribution in [0.25, 0.3) is 11.1 Å². The Morgan fingerprint density at radius 1 is 1.27 bits per heavy atom. The third kappa shape index (κ3) is 3.68. The van der Waals surface area contributed by atoms with Crippen molar-refractivity contribution in [1.29, 1.82) is 0 Å². The van der Waals surface area contributed by atoms with Crippen LogP contribution in [0.4, 0.5) is 0 Å². The zero-order valence-corrected chi connectivity index (χ0v) is 15.6. The van der Waals surface area contributed by atoms with Crippen molar-refractivity contribution in [2.24, 2.45) is 0 Å². The summed E-state index contributed by atoms with van der Waals surface area (Å²) in [6, 6.07) is 11.2. The lowest BCUT2D eigenvalue weighted by atomic mass is 9.96. The predicted molar refractivity (Wildman–Crippen MR) is 97.8 cm³/mol. The third-order valence-corrected chi connectivity index (χ3v) is 5.82. The molecule has 26 heavy (non-hydrogen) atoms. The van der Waals surface area contributed by atoms with Crippen molar-refractivity contribution >= 4 is 32.7 Å². The minimum Gasteiger partial charge on any atom is -0.408 e. The van der Waals surface area contributed by atoms with Crippen LogP contribution in [-0.4, -0.2) is 27.1 Å². The molecule has 0 amide bonds. The second-order valence-electron chi connectivity index (χ2n) is 5.94. The monoisotopic (exact) mass is 396 g/mol. The van der Waals surface area contributed by atoms with Crippen molar-refractivity contribution in [3.8, 4) is 0 Å². The number of nitrogens with one attached hydrogen (secondary N) is 2. The number of benzene rings is 2. The average molecular weight is 397 g/mol. The van der Waals surface area contributed by atoms with Gasteiger partial charge in [-0.25, -0.2) is 17.9 Å². The van der Waals surface area contributed by atoms with E-state index < -0.39 is 21.4 Å². The van der Waals surface area contributed by atoms with Crippen molar-refractivity contribution in [2.45, 2.75) is 17.4 Å². The van der Waals surface area contributed by atoms with E-state index >= 15 is 0 Å². The zero-order chi connectivity index (χ0) is 18.9. The molecule has 1 atom stereocenters. The van der Waals surface area contributed by atoms with Gasteiger partial charge in [-0.2, -0.15) is 0 Å². The Bertz CT molecular complexity index is 1110. The van der Waals surface area contributed by atoms with Crippen LogP contribution in [0.5, 0.6) is 0 Å². The number of aromatic nitrogens is 1. The fourth-order valence-corrected chi connectivity index (χ4v) is 3.87. The lowest BCUT2D eigenvalue weighted by molar-refractivity contribution is 0.00699. The van der Waals surface area contributed by atoms with Crippen LogP contribution in [0.3, 0.4) is 0 Å². The Kier molecular flexibility index (Phi) is 4.94. The summed E-state index contributed by atoms with van der Waals surface area (Å²) in [7, 11) is -2.33. The minimum atomic E-state index is -3.83. The molecule has 3 aromatic rings. The molecule has 1 aromatic heterocycles. The summed E-state index contributed by atoms with van der Waals surface area (Å²) in [5, 5.41) is 0.531. The molecule has 7 nitrogen and oxygen atoms in total. The number of fused-ring (bicyclic) bond motifs is 1. The smallest absolute Gasteiger partial charge is 0.408 e. The van der Waals surface area contributed by atoms with Crippen LogP contribution in [0.1, 0.15) is 12.5 Å². The maximum Gasteiger partial charge on any atom is 0.417 e. The molecule has 0 radical (unpaired) electrons. The van der Waals surface area contributed by atoms with Crippen LogP contribution >= 0.6 is 11.6 Å². The molecule has 1 unspecified atom stereocenters. The van der Waals surface area contributed by atoms with Crippen LogP contribution < -0.4 is 10.5 Å². The summed E-state index contributed by atoms with van der Waals surface area (Å²) in [6.07, 6.45) is 0. The average Bonchev–Trinajstić information content (AvgIpc) is 2.99. The molecule has 0 saturated carbocycles. The number of sulfonamides is 1. The van der Waals surface area contributed by atoms with Gasteiger partial charge >= 0.3 is 5.76 Å². The normalized spacial score (nSPS) is 14.4. The number of H-pyrrole nitrogens is 1. The number of hydrogen-bond donors (Lipinski definition) is 2. The van der Waals surface area contributed by atoms with Crippen LogP contribution in [0.15, 0.2) is 56.6 Å². The van der Waals surface area contributed by atoms with Crippen LogP contribution in [0, 0.1) is 0 Å². The Morgan fingerprint density at radius 3 is 2.73 bits per heavy atom. The first-order valence-corrected chi connectivity index (χ1v) is 9.53. The van der Waals surface area contributed by atoms with E-state index in [4.69, 9.17) is 20.8 Å². The standard InChI is InChI=1S/C17H17ClN2O5S/c1-17(24-2,11-4-3-5-12(18)8-11)10-19-26(22,23)13-6-7-15-14(9-13)20-16(21)25-15/h3-9,19H,10H2,1-2H3,(H,20,21). The number of rotatable bonds is 6. The first-order chi connectivity index (χ1) is 12.2. The fraction of sp³-hybridized carbons (Fsp3) is 0.235. The van der Waals surface area contributed by atoms with Crippen molar-refractivity contribution in [1.82, 2.24) is 9.71 Å². The molecular formula is C17H17ClN2O5S. The van der Waals surface area contributed by atoms with Crippen LogP contribution in [0.2, 0.25) is 5.02 Å². The molecule has 0 saturated heterocycles. The summed E-state index contributed by atoms with van der Waals surface area (Å²) < 4.78 is 38.2. The van der Waals surface area contributed by atoms with E-state index in [1.165, 1.54) is 25.3 Å². The molecular weight excluding hydrogens is 380 g/mol. The van der Waals surface area contributed by atoms with Gasteiger partial charge < -0.3 is 9.15 Å². The molecule has 2 aromatic carbocycles. The summed E-state index contributed by atoms with van der Waals surface area (Å²) >= 11 is 6.02. The van der Waals surface area contributed by atoms with E-state index in [-0.39, 0.29) is 17.0 Å². The Balaban J connectivity index is 1.86. The van der Waals surface area contributed by atoms with E-state index in [0.717, 1.165) is 5.56 Å². The molecule has 0 spiro atoms. The van der Waals surface area contributed by atoms with Gasteiger partial charge in [-0.15, -0.1) is 0 Å². The zero-order valence-electron chi connectivity index (χ0n) is 14.1. The number of oxazole rings is 1. The van der Waals surface area contributed by atoms with Gasteiger partial charge in [-0.3, -0.25) is 4.98 Å². The predicted octanol–water partition coefficient (Wildman–Crippen LogP) is 2.61. The Hall–Kier alpha value is -2.13. The van der Waals surface area contributed by atoms with Gasteiger partial charge in [0.05, 0.1) is 10.4 Å². The molecule has 1 heterocycles. The second-order valence-corrected chi connectivity index (χ2v) is 8.15. The largest absolute Gasteiger partial charge is 0.417 e. The topological polar surface area (TPSA) is 101 Å². The lowest BCUT2D eigenvalue weighted by Crippen LogP contribution is -2.40. The van der Waals surface area contributed by atoms with Crippen molar-refractivity contribution in [2.75, 3.05) is 13.7 Å². The highest BCUT2D eigenvalue weighted by atomic mass is 35.5. The Labute approximate surface area is 155 Å². The minimum absolute atomic E-state index is 0.00611. The molecule has 9 heteroatoms. The van der Waals surface area contributed by atoms with Gasteiger partial charge in [0.2, 0.25) is 10.0 Å². The van der Waals surface area contributed by atoms with Gasteiger partial charge in [-0.1, -0.05) is 23.7 Å². The van der Waals surface area contributed by atoms with Gasteiger partial charge in [0.15, 0.2) is 5.58 Å². The van der Waals surface area contributed by atoms with Crippen molar-refractivity contribution in [3.63, 3.8) is 0 Å². The molecule has 0 aliphatic carbocycles. The second kappa shape index (κ2) is 6.88. The van der Waals surface area contributed by atoms with E-state index in [2.05, 4.69) is 9.71 Å². The van der Waals surface area contributed by atoms with E-state index in [9.17, 15) is 13.2 Å². The molecule has 3 rings (SSSR count). The fourth-order valence-electron chi connectivity index (χ4n) is 2.52. The number of aromatic amines is 1. The Morgan fingerprint density at radius 2 is 2.04 bits per heavy atom. The van der Waals surface area contributed by atoms with Gasteiger partial charge in [-0.05, 0) is 42.8 Å². The van der Waals surface area contributed by atoms with Gasteiger partial charge in [0.25, 0.3) is 0 Å². The molecule has 0 fully saturated rings. The highest BCUT2D eigenvalue weighted by molar-refractivity contribution is 7.89. The number of ether oxygens (including phenoxy) is 1. The summed E-state index contributed by atoms with van der Waals surface area (Å²) in [6.45, 7) is 1.75. The lowest BCUT2D eigenvalue weighted by Gasteiger charge is -2.29. The third-order valence-electron chi connectivity index (χ3n) is 4.19. The number of halogens is 1. The van der Waals surface area contributed by atoms with Crippen molar-refractivity contribution < 1.29 is 17.6 Å². The maximum atomic E-state index is 12.6. The van der Waals surface area contributed by atoms with E-state index in [0.29, 0.717) is 10.5 Å².